The number of aldehydes is 1. The molecule has 0 bridgehead atoms. The molecule has 1 atom stereocenters. The number of hydrogen-bond donors (Lipinski definition) is 0. The van der Waals surface area contributed by atoms with E-state index in [1.54, 1.807) is 0 Å². The maximum Gasteiger partial charge on any atom is 0.318 e. The van der Waals surface area contributed by atoms with E-state index in [4.69, 9.17) is 16.3 Å². The van der Waals surface area contributed by atoms with Crippen LogP contribution in [0.25, 0.3) is 0 Å². The molecule has 1 aromatic heterocycles. The highest BCUT2D eigenvalue weighted by atomic mass is 35.5. The molecule has 0 aliphatic carbocycles. The van der Waals surface area contributed by atoms with Crippen molar-refractivity contribution < 1.29 is 9.53 Å². The molecule has 2 heterocycles. The number of hydrogen-bond acceptors (Lipinski definition) is 5. The summed E-state index contributed by atoms with van der Waals surface area (Å²) in [6.07, 6.45) is 5.38. The first-order valence-corrected chi connectivity index (χ1v) is 5.92. The summed E-state index contributed by atoms with van der Waals surface area (Å²) in [4.78, 5) is 21.1. The Balaban J connectivity index is 2.33. The molecule has 0 saturated carbocycles. The summed E-state index contributed by atoms with van der Waals surface area (Å²) in [6, 6.07) is 0.112. The maximum atomic E-state index is 11.1. The first-order valence-electron chi connectivity index (χ1n) is 5.54. The number of carbonyl (C=O) groups excluding carboxylic acids is 1. The molecule has 1 unspecified atom stereocenters. The van der Waals surface area contributed by atoms with Crippen molar-refractivity contribution in [3.05, 3.63) is 11.2 Å². The predicted octanol–water partition coefficient (Wildman–Crippen LogP) is 1.70. The molecule has 17 heavy (non-hydrogen) atoms. The minimum Gasteiger partial charge on any atom is -0.467 e. The summed E-state index contributed by atoms with van der Waals surface area (Å²) in [5.74, 6) is 0.579. The second-order valence-corrected chi connectivity index (χ2v) is 4.33. The lowest BCUT2D eigenvalue weighted by Gasteiger charge is -2.33. The van der Waals surface area contributed by atoms with Crippen LogP contribution in [0.5, 0.6) is 6.01 Å². The first kappa shape index (κ1) is 12.1. The van der Waals surface area contributed by atoms with Gasteiger partial charge in [-0.15, -0.1) is 0 Å². The fraction of sp³-hybridized carbons (Fsp3) is 0.545. The number of piperidine rings is 1. The Bertz CT molecular complexity index is 414. The average molecular weight is 256 g/mol. The van der Waals surface area contributed by atoms with Gasteiger partial charge in [0.05, 0.1) is 19.3 Å². The Morgan fingerprint density at radius 1 is 1.59 bits per heavy atom. The van der Waals surface area contributed by atoms with Crippen LogP contribution in [0.2, 0.25) is 5.02 Å². The van der Waals surface area contributed by atoms with Crippen LogP contribution < -0.4 is 9.64 Å². The zero-order chi connectivity index (χ0) is 12.3. The monoisotopic (exact) mass is 255 g/mol. The highest BCUT2D eigenvalue weighted by molar-refractivity contribution is 6.32. The van der Waals surface area contributed by atoms with Crippen molar-refractivity contribution in [1.82, 2.24) is 9.97 Å². The highest BCUT2D eigenvalue weighted by Crippen LogP contribution is 2.29. The van der Waals surface area contributed by atoms with Gasteiger partial charge in [0, 0.05) is 6.54 Å². The van der Waals surface area contributed by atoms with Crippen LogP contribution in [0.1, 0.15) is 19.3 Å². The fourth-order valence-electron chi connectivity index (χ4n) is 2.00. The number of halogens is 1. The Hall–Kier alpha value is -1.36. The first-order chi connectivity index (χ1) is 8.26. The van der Waals surface area contributed by atoms with Gasteiger partial charge in [-0.2, -0.15) is 4.98 Å². The third kappa shape index (κ3) is 2.49. The van der Waals surface area contributed by atoms with Crippen molar-refractivity contribution in [2.45, 2.75) is 25.3 Å². The molecule has 0 amide bonds. The van der Waals surface area contributed by atoms with Gasteiger partial charge in [-0.1, -0.05) is 11.6 Å². The van der Waals surface area contributed by atoms with Crippen LogP contribution in [-0.4, -0.2) is 36.0 Å². The van der Waals surface area contributed by atoms with Crippen molar-refractivity contribution in [2.24, 2.45) is 0 Å². The molecule has 5 nitrogen and oxygen atoms in total. The molecule has 1 saturated heterocycles. The van der Waals surface area contributed by atoms with E-state index >= 15 is 0 Å². The lowest BCUT2D eigenvalue weighted by molar-refractivity contribution is -0.109. The highest BCUT2D eigenvalue weighted by Gasteiger charge is 2.25. The molecule has 2 rings (SSSR count). The Morgan fingerprint density at radius 2 is 2.41 bits per heavy atom. The Morgan fingerprint density at radius 3 is 3.12 bits per heavy atom. The van der Waals surface area contributed by atoms with E-state index in [1.807, 2.05) is 4.90 Å². The number of aromatic nitrogens is 2. The second kappa shape index (κ2) is 5.31. The summed E-state index contributed by atoms with van der Waals surface area (Å²) in [7, 11) is 1.50. The molecule has 92 valence electrons. The van der Waals surface area contributed by atoms with Crippen LogP contribution in [0, 0.1) is 0 Å². The summed E-state index contributed by atoms with van der Waals surface area (Å²) in [5.41, 5.74) is 0. The van der Waals surface area contributed by atoms with Crippen molar-refractivity contribution in [3.8, 4) is 6.01 Å². The largest absolute Gasteiger partial charge is 0.467 e. The number of ether oxygens (including phenoxy) is 1. The maximum absolute atomic E-state index is 11.1. The number of rotatable bonds is 3. The van der Waals surface area contributed by atoms with E-state index in [0.717, 1.165) is 32.1 Å². The van der Waals surface area contributed by atoms with Gasteiger partial charge in [0.25, 0.3) is 0 Å². The molecule has 1 fully saturated rings. The standard InChI is InChI=1S/C11H14ClN3O2/c1-17-11-13-6-9(12)10(14-11)15-5-3-2-4-8(15)7-16/h6-8H,2-5H2,1H3. The minimum absolute atomic E-state index is 0.152. The zero-order valence-electron chi connectivity index (χ0n) is 9.60. The van der Waals surface area contributed by atoms with Gasteiger partial charge in [-0.3, -0.25) is 0 Å². The third-order valence-electron chi connectivity index (χ3n) is 2.86. The predicted molar refractivity (Wildman–Crippen MR) is 64.6 cm³/mol. The smallest absolute Gasteiger partial charge is 0.318 e. The fourth-order valence-corrected chi connectivity index (χ4v) is 2.20. The van der Waals surface area contributed by atoms with Gasteiger partial charge in [0.2, 0.25) is 0 Å². The molecular formula is C11H14ClN3O2. The summed E-state index contributed by atoms with van der Waals surface area (Å²) >= 11 is 6.07. The van der Waals surface area contributed by atoms with Gasteiger partial charge >= 0.3 is 6.01 Å². The van der Waals surface area contributed by atoms with Crippen molar-refractivity contribution >= 4 is 23.7 Å². The van der Waals surface area contributed by atoms with Gasteiger partial charge in [0.15, 0.2) is 5.82 Å². The van der Waals surface area contributed by atoms with Crippen LogP contribution in [0.3, 0.4) is 0 Å². The Labute approximate surface area is 105 Å². The van der Waals surface area contributed by atoms with E-state index < -0.39 is 0 Å². The molecule has 6 heteroatoms. The summed E-state index contributed by atoms with van der Waals surface area (Å²) in [6.45, 7) is 0.781. The normalized spacial score (nSPS) is 20.1. The molecule has 0 radical (unpaired) electrons. The average Bonchev–Trinajstić information content (AvgIpc) is 2.39. The number of carbonyl (C=O) groups is 1. The van der Waals surface area contributed by atoms with Crippen LogP contribution in [-0.2, 0) is 4.79 Å². The lowest BCUT2D eigenvalue weighted by atomic mass is 10.0. The molecule has 0 N–H and O–H groups in total. The minimum atomic E-state index is -0.152. The number of anilines is 1. The summed E-state index contributed by atoms with van der Waals surface area (Å²) < 4.78 is 4.97. The van der Waals surface area contributed by atoms with Crippen LogP contribution in [0.4, 0.5) is 5.82 Å². The number of methoxy groups -OCH3 is 1. The van der Waals surface area contributed by atoms with E-state index in [9.17, 15) is 4.79 Å². The quantitative estimate of drug-likeness (QED) is 0.770. The second-order valence-electron chi connectivity index (χ2n) is 3.92. The molecule has 1 aromatic rings. The van der Waals surface area contributed by atoms with E-state index in [0.29, 0.717) is 10.8 Å². The van der Waals surface area contributed by atoms with Crippen molar-refractivity contribution in [2.75, 3.05) is 18.6 Å². The van der Waals surface area contributed by atoms with E-state index in [-0.39, 0.29) is 12.1 Å². The molecule has 0 spiro atoms. The SMILES string of the molecule is COc1ncc(Cl)c(N2CCCCC2C=O)n1. The van der Waals surface area contributed by atoms with Gasteiger partial charge in [-0.25, -0.2) is 4.98 Å². The number of nitrogens with zero attached hydrogens (tertiary/aromatic N) is 3. The van der Waals surface area contributed by atoms with Gasteiger partial charge in [0.1, 0.15) is 11.3 Å². The van der Waals surface area contributed by atoms with E-state index in [2.05, 4.69) is 9.97 Å². The summed E-state index contributed by atoms with van der Waals surface area (Å²) in [5, 5.41) is 0.444. The van der Waals surface area contributed by atoms with E-state index in [1.165, 1.54) is 13.3 Å². The molecule has 0 aromatic carbocycles. The Kier molecular flexibility index (Phi) is 3.78. The topological polar surface area (TPSA) is 55.3 Å². The third-order valence-corrected chi connectivity index (χ3v) is 3.13. The van der Waals surface area contributed by atoms with Crippen LogP contribution in [0.15, 0.2) is 6.20 Å². The lowest BCUT2D eigenvalue weighted by Crippen LogP contribution is -2.41. The molecular weight excluding hydrogens is 242 g/mol. The molecule has 1 aliphatic rings. The molecule has 1 aliphatic heterocycles. The van der Waals surface area contributed by atoms with Gasteiger partial charge < -0.3 is 14.4 Å². The van der Waals surface area contributed by atoms with Crippen LogP contribution >= 0.6 is 11.6 Å². The van der Waals surface area contributed by atoms with Crippen molar-refractivity contribution in [1.29, 1.82) is 0 Å². The van der Waals surface area contributed by atoms with Crippen molar-refractivity contribution in [3.63, 3.8) is 0 Å². The zero-order valence-corrected chi connectivity index (χ0v) is 10.4. The van der Waals surface area contributed by atoms with Gasteiger partial charge in [-0.05, 0) is 19.3 Å².